The maximum absolute atomic E-state index is 13.0. The van der Waals surface area contributed by atoms with E-state index in [2.05, 4.69) is 16.8 Å². The minimum absolute atomic E-state index is 0.0814. The fourth-order valence-electron chi connectivity index (χ4n) is 3.46. The Morgan fingerprint density at radius 3 is 2.65 bits per heavy atom. The molecule has 0 saturated carbocycles. The largest absolute Gasteiger partial charge is 0.490 e. The molecule has 0 amide bonds. The normalized spacial score (nSPS) is 16.9. The van der Waals surface area contributed by atoms with Crippen molar-refractivity contribution in [1.29, 1.82) is 0 Å². The van der Waals surface area contributed by atoms with Crippen molar-refractivity contribution >= 4 is 10.8 Å². The summed E-state index contributed by atoms with van der Waals surface area (Å²) in [6.07, 6.45) is 4.22. The standard InChI is InChI=1S/C20H26F2N2O2/c1-3-14-13-23-19(25)17-5-4-16(12-18(14)17)26-15-6-9-24(10-7-15)11-8-20(2,21)22/h4-5,12-13,15H,3,6-11H2,1-2H3,(H,23,25). The third kappa shape index (κ3) is 4.61. The lowest BCUT2D eigenvalue weighted by Crippen LogP contribution is -2.39. The predicted octanol–water partition coefficient (Wildman–Crippen LogP) is 3.98. The van der Waals surface area contributed by atoms with E-state index in [0.29, 0.717) is 11.9 Å². The summed E-state index contributed by atoms with van der Waals surface area (Å²) in [5.74, 6) is -1.84. The third-order valence-electron chi connectivity index (χ3n) is 5.04. The summed E-state index contributed by atoms with van der Waals surface area (Å²) in [6, 6.07) is 5.58. The number of nitrogens with one attached hydrogen (secondary N) is 1. The van der Waals surface area contributed by atoms with Gasteiger partial charge in [0.05, 0.1) is 0 Å². The maximum atomic E-state index is 13.0. The number of ether oxygens (including phenoxy) is 1. The summed E-state index contributed by atoms with van der Waals surface area (Å²) < 4.78 is 32.1. The lowest BCUT2D eigenvalue weighted by Gasteiger charge is -2.32. The number of alkyl halides is 2. The Balaban J connectivity index is 1.63. The molecule has 0 aliphatic carbocycles. The zero-order valence-corrected chi connectivity index (χ0v) is 15.4. The van der Waals surface area contributed by atoms with Crippen LogP contribution in [-0.2, 0) is 6.42 Å². The molecule has 4 nitrogen and oxygen atoms in total. The number of pyridine rings is 1. The van der Waals surface area contributed by atoms with Gasteiger partial charge in [-0.25, -0.2) is 8.78 Å². The SMILES string of the molecule is CCc1c[nH]c(=O)c2ccc(OC3CCN(CCC(C)(F)F)CC3)cc12. The molecule has 1 aromatic heterocycles. The number of fused-ring (bicyclic) bond motifs is 1. The van der Waals surface area contributed by atoms with E-state index in [-0.39, 0.29) is 18.1 Å². The highest BCUT2D eigenvalue weighted by atomic mass is 19.3. The van der Waals surface area contributed by atoms with E-state index < -0.39 is 5.92 Å². The molecule has 6 heteroatoms. The number of aromatic nitrogens is 1. The molecular formula is C20H26F2N2O2. The monoisotopic (exact) mass is 364 g/mol. The molecule has 142 valence electrons. The molecule has 0 unspecified atom stereocenters. The Morgan fingerprint density at radius 1 is 1.27 bits per heavy atom. The second kappa shape index (κ2) is 7.74. The Labute approximate surface area is 152 Å². The molecule has 2 aromatic rings. The molecular weight excluding hydrogens is 338 g/mol. The van der Waals surface area contributed by atoms with Crippen molar-refractivity contribution < 1.29 is 13.5 Å². The molecule has 1 N–H and O–H groups in total. The summed E-state index contributed by atoms with van der Waals surface area (Å²) >= 11 is 0. The number of hydrogen-bond donors (Lipinski definition) is 1. The van der Waals surface area contributed by atoms with Gasteiger partial charge in [-0.05, 0) is 55.3 Å². The number of rotatable bonds is 6. The number of aromatic amines is 1. The van der Waals surface area contributed by atoms with Crippen molar-refractivity contribution in [2.24, 2.45) is 0 Å². The first-order valence-corrected chi connectivity index (χ1v) is 9.27. The van der Waals surface area contributed by atoms with E-state index in [9.17, 15) is 13.6 Å². The van der Waals surface area contributed by atoms with E-state index in [1.807, 2.05) is 12.1 Å². The minimum atomic E-state index is -2.60. The van der Waals surface area contributed by atoms with Crippen LogP contribution in [0.15, 0.2) is 29.2 Å². The number of H-pyrrole nitrogens is 1. The molecule has 0 atom stereocenters. The van der Waals surface area contributed by atoms with Crippen molar-refractivity contribution in [3.63, 3.8) is 0 Å². The molecule has 0 radical (unpaired) electrons. The number of piperidine rings is 1. The number of halogens is 2. The molecule has 26 heavy (non-hydrogen) atoms. The number of benzene rings is 1. The van der Waals surface area contributed by atoms with Gasteiger partial charge in [0.15, 0.2) is 0 Å². The van der Waals surface area contributed by atoms with Crippen LogP contribution >= 0.6 is 0 Å². The van der Waals surface area contributed by atoms with Crippen molar-refractivity contribution in [2.75, 3.05) is 19.6 Å². The third-order valence-corrected chi connectivity index (χ3v) is 5.04. The summed E-state index contributed by atoms with van der Waals surface area (Å²) in [6.45, 7) is 4.99. The Bertz CT molecular complexity index is 806. The molecule has 1 aliphatic heterocycles. The zero-order chi connectivity index (χ0) is 18.7. The van der Waals surface area contributed by atoms with E-state index in [4.69, 9.17) is 4.74 Å². The highest BCUT2D eigenvalue weighted by Crippen LogP contribution is 2.25. The van der Waals surface area contributed by atoms with Crippen molar-refractivity contribution in [3.05, 3.63) is 40.3 Å². The molecule has 2 heterocycles. The van der Waals surface area contributed by atoms with Gasteiger partial charge in [-0.1, -0.05) is 6.92 Å². The van der Waals surface area contributed by atoms with Gasteiger partial charge >= 0.3 is 0 Å². The second-order valence-corrected chi connectivity index (χ2v) is 7.18. The number of aryl methyl sites for hydroxylation is 1. The molecule has 0 spiro atoms. The average Bonchev–Trinajstić information content (AvgIpc) is 2.61. The summed E-state index contributed by atoms with van der Waals surface area (Å²) in [7, 11) is 0. The quantitative estimate of drug-likeness (QED) is 0.843. The number of nitrogens with zero attached hydrogens (tertiary/aromatic N) is 1. The van der Waals surface area contributed by atoms with Crippen LogP contribution in [0.3, 0.4) is 0 Å². The Morgan fingerprint density at radius 2 is 2.00 bits per heavy atom. The van der Waals surface area contributed by atoms with Crippen LogP contribution in [0.25, 0.3) is 10.8 Å². The molecule has 0 bridgehead atoms. The summed E-state index contributed by atoms with van der Waals surface area (Å²) in [5.41, 5.74) is 0.991. The van der Waals surface area contributed by atoms with Crippen LogP contribution in [0.5, 0.6) is 5.75 Å². The minimum Gasteiger partial charge on any atom is -0.490 e. The van der Waals surface area contributed by atoms with Crippen LogP contribution in [0, 0.1) is 0 Å². The smallest absolute Gasteiger partial charge is 0.255 e. The number of likely N-dealkylation sites (tertiary alicyclic amines) is 1. The zero-order valence-electron chi connectivity index (χ0n) is 15.4. The van der Waals surface area contributed by atoms with Gasteiger partial charge in [-0.3, -0.25) is 4.79 Å². The molecule has 1 saturated heterocycles. The van der Waals surface area contributed by atoms with Crippen LogP contribution in [0.1, 0.15) is 38.7 Å². The van der Waals surface area contributed by atoms with Gasteiger partial charge in [-0.2, -0.15) is 0 Å². The first kappa shape index (κ1) is 18.8. The van der Waals surface area contributed by atoms with E-state index in [1.165, 1.54) is 0 Å². The van der Waals surface area contributed by atoms with Gasteiger partial charge in [0.2, 0.25) is 5.92 Å². The molecule has 1 fully saturated rings. The van der Waals surface area contributed by atoms with Crippen molar-refractivity contribution in [3.8, 4) is 5.75 Å². The fourth-order valence-corrected chi connectivity index (χ4v) is 3.46. The van der Waals surface area contributed by atoms with Crippen LogP contribution < -0.4 is 10.3 Å². The first-order valence-electron chi connectivity index (χ1n) is 9.27. The highest BCUT2D eigenvalue weighted by molar-refractivity contribution is 5.85. The lowest BCUT2D eigenvalue weighted by molar-refractivity contribution is -0.00220. The molecule has 1 aromatic carbocycles. The lowest BCUT2D eigenvalue weighted by atomic mass is 10.0. The maximum Gasteiger partial charge on any atom is 0.255 e. The van der Waals surface area contributed by atoms with E-state index in [1.54, 1.807) is 12.3 Å². The van der Waals surface area contributed by atoms with Gasteiger partial charge in [0.1, 0.15) is 11.9 Å². The van der Waals surface area contributed by atoms with Crippen molar-refractivity contribution in [2.45, 2.75) is 51.6 Å². The molecule has 1 aliphatic rings. The summed E-state index contributed by atoms with van der Waals surface area (Å²) in [5, 5.41) is 1.60. The van der Waals surface area contributed by atoms with Crippen LogP contribution in [0.2, 0.25) is 0 Å². The second-order valence-electron chi connectivity index (χ2n) is 7.18. The van der Waals surface area contributed by atoms with Crippen LogP contribution in [-0.4, -0.2) is 41.5 Å². The van der Waals surface area contributed by atoms with Gasteiger partial charge in [0.25, 0.3) is 5.56 Å². The fraction of sp³-hybridized carbons (Fsp3) is 0.550. The highest BCUT2D eigenvalue weighted by Gasteiger charge is 2.25. The van der Waals surface area contributed by atoms with Crippen LogP contribution in [0.4, 0.5) is 8.78 Å². The molecule has 3 rings (SSSR count). The topological polar surface area (TPSA) is 45.3 Å². The van der Waals surface area contributed by atoms with Gasteiger partial charge in [0, 0.05) is 37.6 Å². The van der Waals surface area contributed by atoms with Gasteiger partial charge in [-0.15, -0.1) is 0 Å². The summed E-state index contributed by atoms with van der Waals surface area (Å²) in [4.78, 5) is 16.8. The predicted molar refractivity (Wildman–Crippen MR) is 99.3 cm³/mol. The van der Waals surface area contributed by atoms with Gasteiger partial charge < -0.3 is 14.6 Å². The Hall–Kier alpha value is -1.95. The first-order chi connectivity index (χ1) is 12.4. The number of hydrogen-bond acceptors (Lipinski definition) is 3. The average molecular weight is 364 g/mol. The van der Waals surface area contributed by atoms with E-state index >= 15 is 0 Å². The Kier molecular flexibility index (Phi) is 5.61. The van der Waals surface area contributed by atoms with E-state index in [0.717, 1.165) is 56.0 Å². The van der Waals surface area contributed by atoms with Crippen molar-refractivity contribution in [1.82, 2.24) is 9.88 Å².